The highest BCUT2D eigenvalue weighted by molar-refractivity contribution is 6.39. The molecule has 0 atom stereocenters. The molecule has 6 heteroatoms. The number of amides is 3. The average molecular weight is 345 g/mol. The SMILES string of the molecule is CCC1CCC(NC(=O)C(=O)Nc2cccc(NC(C)=O)c2C)CC1. The molecule has 0 spiro atoms. The molecule has 1 aliphatic carbocycles. The molecule has 1 aliphatic rings. The van der Waals surface area contributed by atoms with Crippen LogP contribution in [0, 0.1) is 12.8 Å². The zero-order valence-electron chi connectivity index (χ0n) is 15.1. The quantitative estimate of drug-likeness (QED) is 0.733. The fourth-order valence-corrected chi connectivity index (χ4v) is 3.24. The van der Waals surface area contributed by atoms with Crippen LogP contribution in [0.15, 0.2) is 18.2 Å². The Morgan fingerprint density at radius 2 is 1.60 bits per heavy atom. The van der Waals surface area contributed by atoms with E-state index in [9.17, 15) is 14.4 Å². The minimum absolute atomic E-state index is 0.0767. The molecule has 3 N–H and O–H groups in total. The maximum atomic E-state index is 12.2. The highest BCUT2D eigenvalue weighted by Gasteiger charge is 2.24. The van der Waals surface area contributed by atoms with Gasteiger partial charge in [0.05, 0.1) is 0 Å². The zero-order valence-corrected chi connectivity index (χ0v) is 15.1. The Balaban J connectivity index is 1.93. The Bertz CT molecular complexity index is 649. The van der Waals surface area contributed by atoms with Crippen LogP contribution in [0.25, 0.3) is 0 Å². The molecule has 0 bridgehead atoms. The van der Waals surface area contributed by atoms with E-state index in [-0.39, 0.29) is 11.9 Å². The second-order valence-corrected chi connectivity index (χ2v) is 6.71. The first-order chi connectivity index (χ1) is 11.9. The van der Waals surface area contributed by atoms with Gasteiger partial charge in [0.2, 0.25) is 5.91 Å². The van der Waals surface area contributed by atoms with Gasteiger partial charge in [-0.2, -0.15) is 0 Å². The molecule has 0 saturated heterocycles. The van der Waals surface area contributed by atoms with E-state index in [1.165, 1.54) is 13.3 Å². The molecule has 25 heavy (non-hydrogen) atoms. The van der Waals surface area contributed by atoms with Gasteiger partial charge in [0.1, 0.15) is 0 Å². The van der Waals surface area contributed by atoms with Crippen LogP contribution in [0.4, 0.5) is 11.4 Å². The average Bonchev–Trinajstić information content (AvgIpc) is 2.58. The topological polar surface area (TPSA) is 87.3 Å². The van der Waals surface area contributed by atoms with Crippen molar-refractivity contribution in [1.82, 2.24) is 5.32 Å². The van der Waals surface area contributed by atoms with Gasteiger partial charge in [0.25, 0.3) is 0 Å². The molecule has 6 nitrogen and oxygen atoms in total. The van der Waals surface area contributed by atoms with Crippen molar-refractivity contribution in [3.63, 3.8) is 0 Å². The van der Waals surface area contributed by atoms with Crippen molar-refractivity contribution < 1.29 is 14.4 Å². The lowest BCUT2D eigenvalue weighted by Gasteiger charge is -2.28. The van der Waals surface area contributed by atoms with Crippen LogP contribution < -0.4 is 16.0 Å². The van der Waals surface area contributed by atoms with Gasteiger partial charge in [-0.05, 0) is 56.2 Å². The summed E-state index contributed by atoms with van der Waals surface area (Å²) in [5.41, 5.74) is 1.84. The van der Waals surface area contributed by atoms with E-state index < -0.39 is 11.8 Å². The van der Waals surface area contributed by atoms with Crippen molar-refractivity contribution in [1.29, 1.82) is 0 Å². The number of anilines is 2. The fourth-order valence-electron chi connectivity index (χ4n) is 3.24. The molecule has 0 radical (unpaired) electrons. The largest absolute Gasteiger partial charge is 0.345 e. The summed E-state index contributed by atoms with van der Waals surface area (Å²) in [5, 5.41) is 8.16. The normalized spacial score (nSPS) is 19.8. The van der Waals surface area contributed by atoms with Gasteiger partial charge >= 0.3 is 11.8 Å². The van der Waals surface area contributed by atoms with Crippen molar-refractivity contribution in [3.05, 3.63) is 23.8 Å². The number of hydrogen-bond acceptors (Lipinski definition) is 3. The van der Waals surface area contributed by atoms with E-state index in [2.05, 4.69) is 22.9 Å². The van der Waals surface area contributed by atoms with Crippen molar-refractivity contribution in [3.8, 4) is 0 Å². The van der Waals surface area contributed by atoms with Crippen molar-refractivity contribution >= 4 is 29.1 Å². The predicted octanol–water partition coefficient (Wildman–Crippen LogP) is 2.98. The summed E-state index contributed by atoms with van der Waals surface area (Å²) in [6, 6.07) is 5.25. The summed E-state index contributed by atoms with van der Waals surface area (Å²) in [5.74, 6) is -0.738. The molecule has 3 amide bonds. The van der Waals surface area contributed by atoms with Crippen LogP contribution in [-0.4, -0.2) is 23.8 Å². The molecule has 2 rings (SSSR count). The molecule has 0 aromatic heterocycles. The van der Waals surface area contributed by atoms with Gasteiger partial charge in [-0.15, -0.1) is 0 Å². The van der Waals surface area contributed by atoms with Gasteiger partial charge < -0.3 is 16.0 Å². The van der Waals surface area contributed by atoms with Crippen molar-refractivity contribution in [2.24, 2.45) is 5.92 Å². The molecule has 1 saturated carbocycles. The summed E-state index contributed by atoms with van der Waals surface area (Å²) >= 11 is 0. The Labute approximate surface area is 148 Å². The second kappa shape index (κ2) is 8.65. The van der Waals surface area contributed by atoms with Crippen LogP contribution >= 0.6 is 0 Å². The first-order valence-corrected chi connectivity index (χ1v) is 8.89. The summed E-state index contributed by atoms with van der Waals surface area (Å²) in [6.45, 7) is 5.39. The molecular weight excluding hydrogens is 318 g/mol. The lowest BCUT2D eigenvalue weighted by molar-refractivity contribution is -0.136. The fraction of sp³-hybridized carbons (Fsp3) is 0.526. The van der Waals surface area contributed by atoms with Gasteiger partial charge in [0, 0.05) is 24.3 Å². The summed E-state index contributed by atoms with van der Waals surface area (Å²) in [7, 11) is 0. The smallest absolute Gasteiger partial charge is 0.313 e. The number of carbonyl (C=O) groups excluding carboxylic acids is 3. The molecule has 1 aromatic rings. The Morgan fingerprint density at radius 1 is 1.00 bits per heavy atom. The molecule has 1 fully saturated rings. The van der Waals surface area contributed by atoms with E-state index in [1.54, 1.807) is 25.1 Å². The Morgan fingerprint density at radius 3 is 2.16 bits per heavy atom. The lowest BCUT2D eigenvalue weighted by atomic mass is 9.84. The van der Waals surface area contributed by atoms with E-state index >= 15 is 0 Å². The van der Waals surface area contributed by atoms with Crippen molar-refractivity contribution in [2.75, 3.05) is 10.6 Å². The third kappa shape index (κ3) is 5.31. The van der Waals surface area contributed by atoms with E-state index in [1.807, 2.05) is 0 Å². The maximum Gasteiger partial charge on any atom is 0.313 e. The standard InChI is InChI=1S/C19H27N3O3/c1-4-14-8-10-15(11-9-14)21-18(24)19(25)22-17-7-5-6-16(12(17)2)20-13(3)23/h5-7,14-15H,4,8-11H2,1-3H3,(H,20,23)(H,21,24)(H,22,25). The Kier molecular flexibility index (Phi) is 6.56. The molecule has 0 aliphatic heterocycles. The van der Waals surface area contributed by atoms with Crippen LogP contribution in [0.3, 0.4) is 0 Å². The zero-order chi connectivity index (χ0) is 18.4. The van der Waals surface area contributed by atoms with Crippen LogP contribution in [0.5, 0.6) is 0 Å². The summed E-state index contributed by atoms with van der Waals surface area (Å²) < 4.78 is 0. The molecule has 0 heterocycles. The predicted molar refractivity (Wildman–Crippen MR) is 98.3 cm³/mol. The highest BCUT2D eigenvalue weighted by Crippen LogP contribution is 2.26. The van der Waals surface area contributed by atoms with Crippen LogP contribution in [0.1, 0.15) is 51.5 Å². The van der Waals surface area contributed by atoms with Crippen molar-refractivity contribution in [2.45, 2.75) is 58.9 Å². The minimum atomic E-state index is -0.680. The number of hydrogen-bond donors (Lipinski definition) is 3. The molecule has 136 valence electrons. The molecular formula is C19H27N3O3. The highest BCUT2D eigenvalue weighted by atomic mass is 16.2. The first-order valence-electron chi connectivity index (χ1n) is 8.89. The van der Waals surface area contributed by atoms with E-state index in [0.717, 1.165) is 31.6 Å². The van der Waals surface area contributed by atoms with E-state index in [4.69, 9.17) is 0 Å². The van der Waals surface area contributed by atoms with E-state index in [0.29, 0.717) is 16.9 Å². The second-order valence-electron chi connectivity index (χ2n) is 6.71. The first kappa shape index (κ1) is 19.0. The monoisotopic (exact) mass is 345 g/mol. The molecule has 1 aromatic carbocycles. The minimum Gasteiger partial charge on any atom is -0.345 e. The summed E-state index contributed by atoms with van der Waals surface area (Å²) in [4.78, 5) is 35.5. The summed E-state index contributed by atoms with van der Waals surface area (Å²) in [6.07, 6.45) is 5.22. The molecule has 0 unspecified atom stereocenters. The van der Waals surface area contributed by atoms with Gasteiger partial charge in [0.15, 0.2) is 0 Å². The Hall–Kier alpha value is -2.37. The van der Waals surface area contributed by atoms with Crippen LogP contribution in [-0.2, 0) is 14.4 Å². The van der Waals surface area contributed by atoms with Gasteiger partial charge in [-0.25, -0.2) is 0 Å². The number of benzene rings is 1. The lowest BCUT2D eigenvalue weighted by Crippen LogP contribution is -2.43. The maximum absolute atomic E-state index is 12.2. The van der Waals surface area contributed by atoms with Crippen LogP contribution in [0.2, 0.25) is 0 Å². The third-order valence-electron chi connectivity index (χ3n) is 4.86. The van der Waals surface area contributed by atoms with Gasteiger partial charge in [-0.1, -0.05) is 19.4 Å². The number of rotatable bonds is 4. The number of carbonyl (C=O) groups is 3. The third-order valence-corrected chi connectivity index (χ3v) is 4.86. The van der Waals surface area contributed by atoms with Gasteiger partial charge in [-0.3, -0.25) is 14.4 Å². The number of nitrogens with one attached hydrogen (secondary N) is 3.